The topological polar surface area (TPSA) is 51.5 Å². The van der Waals surface area contributed by atoms with Crippen molar-refractivity contribution in [2.75, 3.05) is 7.11 Å². The van der Waals surface area contributed by atoms with Gasteiger partial charge in [0.25, 0.3) is 0 Å². The zero-order valence-corrected chi connectivity index (χ0v) is 19.4. The summed E-state index contributed by atoms with van der Waals surface area (Å²) in [6.07, 6.45) is 7.79. The van der Waals surface area contributed by atoms with Crippen LogP contribution >= 0.6 is 23.2 Å². The fourth-order valence-corrected chi connectivity index (χ4v) is 4.89. The van der Waals surface area contributed by atoms with Gasteiger partial charge in [0.2, 0.25) is 5.91 Å². The van der Waals surface area contributed by atoms with E-state index in [1.165, 1.54) is 12.8 Å². The van der Waals surface area contributed by atoms with Crippen LogP contribution in [0, 0.1) is 6.92 Å². The summed E-state index contributed by atoms with van der Waals surface area (Å²) in [7, 11) is 1.63. The number of nitrogens with one attached hydrogen (secondary N) is 1. The van der Waals surface area contributed by atoms with E-state index in [2.05, 4.69) is 5.32 Å². The maximum Gasteiger partial charge on any atom is 0.244 e. The molecule has 4 nitrogen and oxygen atoms in total. The third-order valence-electron chi connectivity index (χ3n) is 5.94. The first-order chi connectivity index (χ1) is 14.9. The molecule has 31 heavy (non-hydrogen) atoms. The minimum atomic E-state index is -0.0719. The summed E-state index contributed by atoms with van der Waals surface area (Å²) in [6.45, 7) is 3.87. The van der Waals surface area contributed by atoms with Gasteiger partial charge in [-0.2, -0.15) is 0 Å². The highest BCUT2D eigenvalue weighted by Gasteiger charge is 2.21. The van der Waals surface area contributed by atoms with Crippen molar-refractivity contribution in [3.05, 3.63) is 57.8 Å². The Morgan fingerprint density at radius 3 is 2.61 bits per heavy atom. The molecule has 0 atom stereocenters. The molecule has 0 saturated heterocycles. The Morgan fingerprint density at radius 1 is 1.19 bits per heavy atom. The molecule has 1 saturated carbocycles. The van der Waals surface area contributed by atoms with Gasteiger partial charge in [0.05, 0.1) is 18.4 Å². The fourth-order valence-electron chi connectivity index (χ4n) is 4.38. The van der Waals surface area contributed by atoms with Crippen LogP contribution in [0.2, 0.25) is 10.0 Å². The van der Waals surface area contributed by atoms with E-state index >= 15 is 0 Å². The number of methoxy groups -OCH3 is 1. The molecule has 162 valence electrons. The minimum Gasteiger partial charge on any atom is -0.496 e. The van der Waals surface area contributed by atoms with Gasteiger partial charge in [-0.25, -0.2) is 0 Å². The number of furan rings is 1. The van der Waals surface area contributed by atoms with E-state index in [0.29, 0.717) is 15.8 Å². The number of halogens is 2. The highest BCUT2D eigenvalue weighted by molar-refractivity contribution is 6.36. The Balaban J connectivity index is 1.79. The summed E-state index contributed by atoms with van der Waals surface area (Å²) in [5.74, 6) is 0.621. The second-order valence-corrected chi connectivity index (χ2v) is 8.89. The Kier molecular flexibility index (Phi) is 6.31. The Bertz CT molecular complexity index is 1170. The molecular formula is C25H25Cl2NO3. The number of aryl methyl sites for hydroxylation is 1. The van der Waals surface area contributed by atoms with Gasteiger partial charge in [-0.05, 0) is 50.5 Å². The first-order valence-corrected chi connectivity index (χ1v) is 11.2. The second kappa shape index (κ2) is 8.97. The molecule has 2 aromatic carbocycles. The highest BCUT2D eigenvalue weighted by atomic mass is 35.5. The molecule has 6 heteroatoms. The average molecular weight is 458 g/mol. The van der Waals surface area contributed by atoms with Crippen LogP contribution in [0.3, 0.4) is 0 Å². The van der Waals surface area contributed by atoms with E-state index in [-0.39, 0.29) is 11.9 Å². The molecule has 0 radical (unpaired) electrons. The summed E-state index contributed by atoms with van der Waals surface area (Å²) >= 11 is 12.5. The minimum absolute atomic E-state index is 0.0719. The van der Waals surface area contributed by atoms with Crippen LogP contribution in [-0.4, -0.2) is 19.1 Å². The number of carbonyl (C=O) groups is 1. The third kappa shape index (κ3) is 4.32. The first kappa shape index (κ1) is 21.8. The van der Waals surface area contributed by atoms with E-state index in [0.717, 1.165) is 51.6 Å². The van der Waals surface area contributed by atoms with Crippen LogP contribution in [0.5, 0.6) is 5.75 Å². The fraction of sp³-hybridized carbons (Fsp3) is 0.320. The van der Waals surface area contributed by atoms with Crippen LogP contribution in [0.25, 0.3) is 27.7 Å². The molecule has 1 heterocycles. The van der Waals surface area contributed by atoms with Crippen LogP contribution in [-0.2, 0) is 4.79 Å². The summed E-state index contributed by atoms with van der Waals surface area (Å²) in [5, 5.41) is 5.14. The van der Waals surface area contributed by atoms with E-state index in [1.807, 2.05) is 26.0 Å². The lowest BCUT2D eigenvalue weighted by Gasteiger charge is -2.14. The molecule has 1 aliphatic carbocycles. The molecule has 0 bridgehead atoms. The van der Waals surface area contributed by atoms with Crippen LogP contribution in [0.15, 0.2) is 41.0 Å². The van der Waals surface area contributed by atoms with Crippen molar-refractivity contribution in [2.45, 2.75) is 45.6 Å². The van der Waals surface area contributed by atoms with Gasteiger partial charge in [0, 0.05) is 44.8 Å². The lowest BCUT2D eigenvalue weighted by atomic mass is 9.96. The summed E-state index contributed by atoms with van der Waals surface area (Å²) in [5.41, 5.74) is 4.97. The monoisotopic (exact) mass is 457 g/mol. The lowest BCUT2D eigenvalue weighted by molar-refractivity contribution is -0.117. The number of fused-ring (bicyclic) bond motifs is 1. The quantitative estimate of drug-likeness (QED) is 0.412. The normalized spacial score (nSPS) is 14.9. The number of carbonyl (C=O) groups excluding carboxylic acids is 1. The first-order valence-electron chi connectivity index (χ1n) is 10.4. The number of hydrogen-bond acceptors (Lipinski definition) is 3. The molecule has 0 unspecified atom stereocenters. The number of ether oxygens (including phenoxy) is 1. The predicted octanol–water partition coefficient (Wildman–Crippen LogP) is 7.19. The largest absolute Gasteiger partial charge is 0.496 e. The summed E-state index contributed by atoms with van der Waals surface area (Å²) < 4.78 is 11.6. The number of benzene rings is 2. The second-order valence-electron chi connectivity index (χ2n) is 8.05. The van der Waals surface area contributed by atoms with Crippen molar-refractivity contribution in [3.63, 3.8) is 0 Å². The maximum atomic E-state index is 12.6. The van der Waals surface area contributed by atoms with Crippen molar-refractivity contribution in [2.24, 2.45) is 0 Å². The van der Waals surface area contributed by atoms with Gasteiger partial charge in [0.1, 0.15) is 11.3 Å². The molecular weight excluding hydrogens is 433 g/mol. The zero-order valence-electron chi connectivity index (χ0n) is 17.9. The van der Waals surface area contributed by atoms with Crippen molar-refractivity contribution in [1.82, 2.24) is 5.32 Å². The Labute approximate surface area is 192 Å². The predicted molar refractivity (Wildman–Crippen MR) is 127 cm³/mol. The van der Waals surface area contributed by atoms with E-state index in [1.54, 1.807) is 31.6 Å². The standard InChI is InChI=1S/C25H25Cl2NO3/c1-14(10-23(29)28-17-6-4-5-7-17)19-12-20-21(18-9-8-16(26)11-22(18)27)13-31-25(20)15(2)24(19)30-3/h8-13,17H,4-7H2,1-3H3,(H,28,29)/b14-10+. The van der Waals surface area contributed by atoms with Gasteiger partial charge < -0.3 is 14.5 Å². The zero-order chi connectivity index (χ0) is 22.1. The van der Waals surface area contributed by atoms with E-state index in [9.17, 15) is 4.79 Å². The summed E-state index contributed by atoms with van der Waals surface area (Å²) in [6, 6.07) is 7.67. The van der Waals surface area contributed by atoms with E-state index < -0.39 is 0 Å². The van der Waals surface area contributed by atoms with Crippen molar-refractivity contribution >= 4 is 45.7 Å². The molecule has 3 aromatic rings. The molecule has 0 aliphatic heterocycles. The molecule has 1 aromatic heterocycles. The molecule has 1 amide bonds. The third-order valence-corrected chi connectivity index (χ3v) is 6.49. The Hall–Kier alpha value is -2.43. The van der Waals surface area contributed by atoms with Gasteiger partial charge in [-0.1, -0.05) is 42.1 Å². The Morgan fingerprint density at radius 2 is 1.94 bits per heavy atom. The van der Waals surface area contributed by atoms with Crippen molar-refractivity contribution in [1.29, 1.82) is 0 Å². The molecule has 1 aliphatic rings. The number of rotatable bonds is 5. The van der Waals surface area contributed by atoms with Crippen molar-refractivity contribution in [3.8, 4) is 16.9 Å². The molecule has 1 N–H and O–H groups in total. The van der Waals surface area contributed by atoms with Gasteiger partial charge in [-0.15, -0.1) is 0 Å². The summed E-state index contributed by atoms with van der Waals surface area (Å²) in [4.78, 5) is 12.6. The lowest BCUT2D eigenvalue weighted by Crippen LogP contribution is -2.31. The number of allylic oxidation sites excluding steroid dienone is 1. The molecule has 0 spiro atoms. The van der Waals surface area contributed by atoms with Gasteiger partial charge >= 0.3 is 0 Å². The maximum absolute atomic E-state index is 12.6. The highest BCUT2D eigenvalue weighted by Crippen LogP contribution is 2.42. The molecule has 1 fully saturated rings. The smallest absolute Gasteiger partial charge is 0.244 e. The van der Waals surface area contributed by atoms with E-state index in [4.69, 9.17) is 32.4 Å². The molecule has 4 rings (SSSR count). The van der Waals surface area contributed by atoms with Gasteiger partial charge in [-0.3, -0.25) is 4.79 Å². The van der Waals surface area contributed by atoms with Crippen LogP contribution in [0.4, 0.5) is 0 Å². The number of amides is 1. The van der Waals surface area contributed by atoms with Crippen molar-refractivity contribution < 1.29 is 13.9 Å². The number of hydrogen-bond donors (Lipinski definition) is 1. The SMILES string of the molecule is COc1c(/C(C)=C/C(=O)NC2CCCC2)cc2c(-c3ccc(Cl)cc3Cl)coc2c1C. The van der Waals surface area contributed by atoms with Gasteiger partial charge in [0.15, 0.2) is 0 Å². The average Bonchev–Trinajstić information content (AvgIpc) is 3.38. The van der Waals surface area contributed by atoms with Crippen LogP contribution < -0.4 is 10.1 Å². The van der Waals surface area contributed by atoms with Crippen LogP contribution in [0.1, 0.15) is 43.7 Å².